The zero-order chi connectivity index (χ0) is 25.8. The third-order valence-corrected chi connectivity index (χ3v) is 6.07. The first-order valence-electron chi connectivity index (χ1n) is 11.5. The Balaban J connectivity index is 1.71. The van der Waals surface area contributed by atoms with E-state index in [2.05, 4.69) is 0 Å². The summed E-state index contributed by atoms with van der Waals surface area (Å²) in [7, 11) is 0. The van der Waals surface area contributed by atoms with Gasteiger partial charge in [-0.15, -0.1) is 0 Å². The van der Waals surface area contributed by atoms with Crippen molar-refractivity contribution in [3.63, 3.8) is 0 Å². The van der Waals surface area contributed by atoms with Gasteiger partial charge < -0.3 is 9.64 Å². The lowest BCUT2D eigenvalue weighted by Gasteiger charge is -2.41. The summed E-state index contributed by atoms with van der Waals surface area (Å²) in [6.45, 7) is 6.83. The van der Waals surface area contributed by atoms with Gasteiger partial charge in [-0.05, 0) is 75.6 Å². The van der Waals surface area contributed by atoms with Crippen molar-refractivity contribution in [3.05, 3.63) is 70.2 Å². The zero-order valence-electron chi connectivity index (χ0n) is 20.1. The Hall–Kier alpha value is -2.58. The van der Waals surface area contributed by atoms with Gasteiger partial charge in [-0.1, -0.05) is 23.7 Å². The predicted molar refractivity (Wildman–Crippen MR) is 129 cm³/mol. The molecule has 0 aliphatic carbocycles. The quantitative estimate of drug-likeness (QED) is 0.441. The number of Topliss-reactive ketones (excluding diaryl/α,β-unsaturated/α-hetero) is 1. The third-order valence-electron chi connectivity index (χ3n) is 5.82. The van der Waals surface area contributed by atoms with Gasteiger partial charge in [-0.2, -0.15) is 13.2 Å². The molecular weight excluding hydrogens is 481 g/mol. The molecule has 2 aromatic carbocycles. The van der Waals surface area contributed by atoms with Crippen LogP contribution in [0.5, 0.6) is 0 Å². The number of piperazine rings is 1. The second-order valence-electron chi connectivity index (χ2n) is 9.71. The highest BCUT2D eigenvalue weighted by Crippen LogP contribution is 2.29. The second kappa shape index (κ2) is 11.0. The number of alkyl halides is 3. The third kappa shape index (κ3) is 7.97. The maximum atomic E-state index is 12.9. The molecule has 1 unspecified atom stereocenters. The molecule has 1 aliphatic heterocycles. The fraction of sp³-hybridized carbons (Fsp3) is 0.462. The Kier molecular flexibility index (Phi) is 8.49. The summed E-state index contributed by atoms with van der Waals surface area (Å²) >= 11 is 5.92. The van der Waals surface area contributed by atoms with Crippen molar-refractivity contribution in [2.75, 3.05) is 26.2 Å². The number of benzene rings is 2. The molecule has 5 nitrogen and oxygen atoms in total. The maximum Gasteiger partial charge on any atom is 0.416 e. The molecule has 0 bridgehead atoms. The summed E-state index contributed by atoms with van der Waals surface area (Å²) in [5.74, 6) is -0.0630. The summed E-state index contributed by atoms with van der Waals surface area (Å²) < 4.78 is 44.1. The molecule has 1 aliphatic rings. The Labute approximate surface area is 208 Å². The van der Waals surface area contributed by atoms with Crippen LogP contribution in [0.1, 0.15) is 48.7 Å². The van der Waals surface area contributed by atoms with Crippen LogP contribution in [-0.4, -0.2) is 59.5 Å². The molecule has 190 valence electrons. The first-order chi connectivity index (χ1) is 16.3. The summed E-state index contributed by atoms with van der Waals surface area (Å²) in [6.07, 6.45) is -3.72. The van der Waals surface area contributed by atoms with Crippen LogP contribution in [0, 0.1) is 0 Å². The van der Waals surface area contributed by atoms with E-state index in [0.717, 1.165) is 17.7 Å². The van der Waals surface area contributed by atoms with Crippen molar-refractivity contribution >= 4 is 23.5 Å². The molecule has 0 saturated carbocycles. The van der Waals surface area contributed by atoms with Crippen LogP contribution in [0.4, 0.5) is 18.0 Å². The molecule has 9 heteroatoms. The number of rotatable bonds is 6. The number of nitrogens with zero attached hydrogens (tertiary/aromatic N) is 2. The van der Waals surface area contributed by atoms with Crippen molar-refractivity contribution in [2.45, 2.75) is 51.4 Å². The van der Waals surface area contributed by atoms with Gasteiger partial charge in [-0.3, -0.25) is 9.69 Å². The van der Waals surface area contributed by atoms with Crippen LogP contribution in [0.15, 0.2) is 48.5 Å². The molecule has 1 saturated heterocycles. The molecule has 3 rings (SSSR count). The van der Waals surface area contributed by atoms with Crippen LogP contribution in [0.25, 0.3) is 0 Å². The van der Waals surface area contributed by atoms with Gasteiger partial charge in [-0.25, -0.2) is 4.79 Å². The molecule has 1 fully saturated rings. The smallest absolute Gasteiger partial charge is 0.416 e. The van der Waals surface area contributed by atoms with E-state index in [0.29, 0.717) is 43.1 Å². The summed E-state index contributed by atoms with van der Waals surface area (Å²) in [4.78, 5) is 29.2. The number of ketones is 1. The van der Waals surface area contributed by atoms with E-state index in [-0.39, 0.29) is 18.4 Å². The largest absolute Gasteiger partial charge is 0.444 e. The lowest BCUT2D eigenvalue weighted by molar-refractivity contribution is -0.137. The number of aryl methyl sites for hydroxylation is 1. The van der Waals surface area contributed by atoms with E-state index >= 15 is 0 Å². The molecule has 0 aromatic heterocycles. The highest BCUT2D eigenvalue weighted by Gasteiger charge is 2.33. The Morgan fingerprint density at radius 3 is 2.20 bits per heavy atom. The first-order valence-corrected chi connectivity index (χ1v) is 11.9. The maximum absolute atomic E-state index is 12.9. The number of hydrogen-bond acceptors (Lipinski definition) is 4. The lowest BCUT2D eigenvalue weighted by Crippen LogP contribution is -2.56. The molecule has 35 heavy (non-hydrogen) atoms. The second-order valence-corrected chi connectivity index (χ2v) is 10.2. The number of carbonyl (C=O) groups is 2. The topological polar surface area (TPSA) is 49.9 Å². The average molecular weight is 511 g/mol. The molecule has 0 N–H and O–H groups in total. The minimum Gasteiger partial charge on any atom is -0.444 e. The van der Waals surface area contributed by atoms with Crippen LogP contribution < -0.4 is 0 Å². The summed E-state index contributed by atoms with van der Waals surface area (Å²) in [5, 5.41) is 0.543. The van der Waals surface area contributed by atoms with Crippen molar-refractivity contribution < 1.29 is 27.5 Å². The molecule has 1 atom stereocenters. The van der Waals surface area contributed by atoms with Crippen molar-refractivity contribution in [1.29, 1.82) is 0 Å². The average Bonchev–Trinajstić information content (AvgIpc) is 2.77. The Morgan fingerprint density at radius 2 is 1.63 bits per heavy atom. The molecule has 1 heterocycles. The predicted octanol–water partition coefficient (Wildman–Crippen LogP) is 6.10. The van der Waals surface area contributed by atoms with E-state index in [4.69, 9.17) is 16.3 Å². The Bertz CT molecular complexity index is 1020. The SMILES string of the molecule is CC(C)(C)OC(=O)N1CCN(CC(=O)c2ccc(Cl)cc2)C(CCc2ccc(C(F)(F)F)cc2)C1. The first kappa shape index (κ1) is 27.0. The van der Waals surface area contributed by atoms with Crippen molar-refractivity contribution in [3.8, 4) is 0 Å². The van der Waals surface area contributed by atoms with E-state index < -0.39 is 23.4 Å². The van der Waals surface area contributed by atoms with Crippen molar-refractivity contribution in [1.82, 2.24) is 9.80 Å². The van der Waals surface area contributed by atoms with Crippen LogP contribution in [0.3, 0.4) is 0 Å². The van der Waals surface area contributed by atoms with Gasteiger partial charge in [0.15, 0.2) is 5.78 Å². The molecule has 1 amide bonds. The molecular formula is C26H30ClF3N2O3. The van der Waals surface area contributed by atoms with E-state index in [9.17, 15) is 22.8 Å². The summed E-state index contributed by atoms with van der Waals surface area (Å²) in [6, 6.07) is 11.6. The fourth-order valence-electron chi connectivity index (χ4n) is 3.97. The van der Waals surface area contributed by atoms with E-state index in [1.54, 1.807) is 49.9 Å². The minimum atomic E-state index is -4.38. The van der Waals surface area contributed by atoms with Gasteiger partial charge in [0.2, 0.25) is 0 Å². The van der Waals surface area contributed by atoms with Gasteiger partial charge in [0.1, 0.15) is 5.60 Å². The minimum absolute atomic E-state index is 0.0630. The standard InChI is InChI=1S/C26H30ClF3N2O3/c1-25(2,3)35-24(34)32-15-14-31(17-23(33)19-7-11-21(27)12-8-19)22(16-32)13-6-18-4-9-20(10-5-18)26(28,29)30/h4-5,7-12,22H,6,13-17H2,1-3H3. The lowest BCUT2D eigenvalue weighted by atomic mass is 10.00. The van der Waals surface area contributed by atoms with Crippen LogP contribution in [0.2, 0.25) is 5.02 Å². The molecule has 0 radical (unpaired) electrons. The number of carbonyl (C=O) groups excluding carboxylic acids is 2. The van der Waals surface area contributed by atoms with Gasteiger partial charge in [0.25, 0.3) is 0 Å². The van der Waals surface area contributed by atoms with Gasteiger partial charge in [0.05, 0.1) is 12.1 Å². The number of hydrogen-bond donors (Lipinski definition) is 0. The normalized spacial score (nSPS) is 17.3. The fourth-order valence-corrected chi connectivity index (χ4v) is 4.10. The summed E-state index contributed by atoms with van der Waals surface area (Å²) in [5.41, 5.74) is -0.0128. The van der Waals surface area contributed by atoms with E-state index in [1.165, 1.54) is 12.1 Å². The monoisotopic (exact) mass is 510 g/mol. The van der Waals surface area contributed by atoms with Crippen molar-refractivity contribution in [2.24, 2.45) is 0 Å². The number of amides is 1. The molecule has 0 spiro atoms. The number of halogens is 4. The van der Waals surface area contributed by atoms with Gasteiger partial charge in [0, 0.05) is 36.3 Å². The van der Waals surface area contributed by atoms with Crippen LogP contribution >= 0.6 is 11.6 Å². The zero-order valence-corrected chi connectivity index (χ0v) is 20.8. The molecule has 2 aromatic rings. The highest BCUT2D eigenvalue weighted by molar-refractivity contribution is 6.30. The highest BCUT2D eigenvalue weighted by atomic mass is 35.5. The van der Waals surface area contributed by atoms with E-state index in [1.807, 2.05) is 4.90 Å². The van der Waals surface area contributed by atoms with Gasteiger partial charge >= 0.3 is 12.3 Å². The van der Waals surface area contributed by atoms with Crippen LogP contribution in [-0.2, 0) is 17.3 Å². The number of ether oxygens (including phenoxy) is 1. The Morgan fingerprint density at radius 1 is 1.00 bits per heavy atom.